The van der Waals surface area contributed by atoms with Crippen molar-refractivity contribution in [2.24, 2.45) is 11.8 Å². The van der Waals surface area contributed by atoms with Crippen molar-refractivity contribution < 1.29 is 9.53 Å². The molecule has 0 saturated heterocycles. The van der Waals surface area contributed by atoms with Gasteiger partial charge < -0.3 is 10.1 Å². The van der Waals surface area contributed by atoms with Crippen molar-refractivity contribution in [1.82, 2.24) is 14.9 Å². The van der Waals surface area contributed by atoms with Crippen LogP contribution in [0, 0.1) is 11.8 Å². The van der Waals surface area contributed by atoms with E-state index in [2.05, 4.69) is 24.1 Å². The lowest BCUT2D eigenvalue weighted by atomic mass is 9.78. The fourth-order valence-electron chi connectivity index (χ4n) is 4.15. The van der Waals surface area contributed by atoms with Crippen LogP contribution in [0.2, 0.25) is 0 Å². The number of hydrogen-bond donors (Lipinski definition) is 1. The highest BCUT2D eigenvalue weighted by Gasteiger charge is 2.28. The van der Waals surface area contributed by atoms with Crippen molar-refractivity contribution in [2.75, 3.05) is 7.11 Å². The maximum Gasteiger partial charge on any atom is 0.271 e. The van der Waals surface area contributed by atoms with E-state index in [-0.39, 0.29) is 24.1 Å². The average Bonchev–Trinajstić information content (AvgIpc) is 3.19. The number of aromatic nitrogens is 2. The van der Waals surface area contributed by atoms with Crippen LogP contribution >= 0.6 is 11.3 Å². The Labute approximate surface area is 179 Å². The normalized spacial score (nSPS) is 21.5. The van der Waals surface area contributed by atoms with Gasteiger partial charge in [0, 0.05) is 10.9 Å². The summed E-state index contributed by atoms with van der Waals surface area (Å²) in [6.07, 6.45) is 4.82. The van der Waals surface area contributed by atoms with E-state index >= 15 is 0 Å². The highest BCUT2D eigenvalue weighted by molar-refractivity contribution is 7.22. The SMILES string of the molecule is COc1ccc(-c2cc3ncn(CC(=O)N[C@H]4CCC[C@@H](C)[C@H]4C)c(=O)c3s2)cc1. The molecule has 7 heteroatoms. The Morgan fingerprint density at radius 1 is 1.27 bits per heavy atom. The zero-order valence-corrected chi connectivity index (χ0v) is 18.4. The van der Waals surface area contributed by atoms with E-state index in [0.717, 1.165) is 29.0 Å². The summed E-state index contributed by atoms with van der Waals surface area (Å²) >= 11 is 1.40. The minimum Gasteiger partial charge on any atom is -0.497 e. The van der Waals surface area contributed by atoms with Gasteiger partial charge in [0.1, 0.15) is 17.0 Å². The average molecular weight is 426 g/mol. The van der Waals surface area contributed by atoms with Crippen LogP contribution in [0.3, 0.4) is 0 Å². The predicted molar refractivity (Wildman–Crippen MR) is 120 cm³/mol. The van der Waals surface area contributed by atoms with Crippen LogP contribution in [-0.2, 0) is 11.3 Å². The number of nitrogens with one attached hydrogen (secondary N) is 1. The standard InChI is InChI=1S/C23H27N3O3S/c1-14-5-4-6-18(15(14)2)25-21(27)12-26-13-24-19-11-20(30-22(19)23(26)28)16-7-9-17(29-3)10-8-16/h7-11,13-15,18H,4-6,12H2,1-3H3,(H,25,27)/t14-,15-,18+/m1/s1. The first-order valence-corrected chi connectivity index (χ1v) is 11.2. The Hall–Kier alpha value is -2.67. The first-order valence-electron chi connectivity index (χ1n) is 10.4. The van der Waals surface area contributed by atoms with Gasteiger partial charge in [-0.25, -0.2) is 4.98 Å². The van der Waals surface area contributed by atoms with E-state index < -0.39 is 0 Å². The molecule has 1 aromatic carbocycles. The molecule has 158 valence electrons. The predicted octanol–water partition coefficient (Wildman–Crippen LogP) is 4.07. The second-order valence-corrected chi connectivity index (χ2v) is 9.22. The maximum absolute atomic E-state index is 13.0. The second kappa shape index (κ2) is 8.60. The molecule has 0 spiro atoms. The molecule has 1 amide bonds. The van der Waals surface area contributed by atoms with Crippen molar-refractivity contribution in [1.29, 1.82) is 0 Å². The molecule has 1 N–H and O–H groups in total. The monoisotopic (exact) mass is 425 g/mol. The van der Waals surface area contributed by atoms with Gasteiger partial charge in [-0.2, -0.15) is 0 Å². The van der Waals surface area contributed by atoms with E-state index in [1.807, 2.05) is 30.3 Å². The third-order valence-corrected chi connectivity index (χ3v) is 7.41. The first kappa shape index (κ1) is 20.6. The molecule has 3 aromatic rings. The molecule has 2 heterocycles. The molecular weight excluding hydrogens is 398 g/mol. The molecule has 4 rings (SSSR count). The van der Waals surface area contributed by atoms with Crippen molar-refractivity contribution in [3.05, 3.63) is 47.0 Å². The Morgan fingerprint density at radius 2 is 2.03 bits per heavy atom. The van der Waals surface area contributed by atoms with Gasteiger partial charge in [-0.1, -0.05) is 26.7 Å². The summed E-state index contributed by atoms with van der Waals surface area (Å²) in [5, 5.41) is 3.13. The van der Waals surface area contributed by atoms with Gasteiger partial charge in [-0.15, -0.1) is 11.3 Å². The lowest BCUT2D eigenvalue weighted by Crippen LogP contribution is -2.45. The molecule has 0 bridgehead atoms. The molecule has 3 atom stereocenters. The van der Waals surface area contributed by atoms with Crippen molar-refractivity contribution in [3.63, 3.8) is 0 Å². The minimum atomic E-state index is -0.176. The number of carbonyl (C=O) groups is 1. The lowest BCUT2D eigenvalue weighted by Gasteiger charge is -2.34. The summed E-state index contributed by atoms with van der Waals surface area (Å²) in [4.78, 5) is 30.9. The van der Waals surface area contributed by atoms with Gasteiger partial charge in [-0.3, -0.25) is 14.2 Å². The van der Waals surface area contributed by atoms with Crippen molar-refractivity contribution in [2.45, 2.75) is 45.7 Å². The van der Waals surface area contributed by atoms with Crippen LogP contribution in [0.4, 0.5) is 0 Å². The molecule has 1 aliphatic rings. The Balaban J connectivity index is 1.53. The summed E-state index contributed by atoms with van der Waals surface area (Å²) in [5.74, 6) is 1.71. The van der Waals surface area contributed by atoms with E-state index in [9.17, 15) is 9.59 Å². The third-order valence-electron chi connectivity index (χ3n) is 6.25. The molecule has 2 aromatic heterocycles. The fraction of sp³-hybridized carbons (Fsp3) is 0.435. The number of amides is 1. The molecule has 0 unspecified atom stereocenters. The van der Waals surface area contributed by atoms with E-state index in [1.54, 1.807) is 7.11 Å². The molecule has 1 aliphatic carbocycles. The number of methoxy groups -OCH3 is 1. The summed E-state index contributed by atoms with van der Waals surface area (Å²) in [5.41, 5.74) is 1.48. The highest BCUT2D eigenvalue weighted by Crippen LogP contribution is 2.32. The zero-order valence-electron chi connectivity index (χ0n) is 17.6. The maximum atomic E-state index is 13.0. The molecule has 0 aliphatic heterocycles. The van der Waals surface area contributed by atoms with Crippen molar-refractivity contribution >= 4 is 27.5 Å². The van der Waals surface area contributed by atoms with Gasteiger partial charge >= 0.3 is 0 Å². The molecule has 1 saturated carbocycles. The molecule has 0 radical (unpaired) electrons. The van der Waals surface area contributed by atoms with Crippen LogP contribution in [-0.4, -0.2) is 28.6 Å². The van der Waals surface area contributed by atoms with Crippen LogP contribution in [0.5, 0.6) is 5.75 Å². The summed E-state index contributed by atoms with van der Waals surface area (Å²) < 4.78 is 7.17. The van der Waals surface area contributed by atoms with E-state index in [0.29, 0.717) is 22.1 Å². The number of fused-ring (bicyclic) bond motifs is 1. The van der Waals surface area contributed by atoms with Crippen LogP contribution in [0.1, 0.15) is 33.1 Å². The third kappa shape index (κ3) is 4.12. The van der Waals surface area contributed by atoms with Crippen molar-refractivity contribution in [3.8, 4) is 16.2 Å². The van der Waals surface area contributed by atoms with E-state index in [4.69, 9.17) is 4.74 Å². The van der Waals surface area contributed by atoms with Gasteiger partial charge in [-0.05, 0) is 54.2 Å². The Bertz CT molecular complexity index is 1100. The van der Waals surface area contributed by atoms with Crippen LogP contribution in [0.15, 0.2) is 41.5 Å². The Morgan fingerprint density at radius 3 is 2.77 bits per heavy atom. The van der Waals surface area contributed by atoms with Gasteiger partial charge in [0.15, 0.2) is 0 Å². The zero-order chi connectivity index (χ0) is 21.3. The molecular formula is C23H27N3O3S. The van der Waals surface area contributed by atoms with Gasteiger partial charge in [0.05, 0.1) is 19.0 Å². The van der Waals surface area contributed by atoms with Gasteiger partial charge in [0.2, 0.25) is 5.91 Å². The van der Waals surface area contributed by atoms with Gasteiger partial charge in [0.25, 0.3) is 5.56 Å². The summed E-state index contributed by atoms with van der Waals surface area (Å²) in [7, 11) is 1.63. The second-order valence-electron chi connectivity index (χ2n) is 8.17. The number of benzene rings is 1. The smallest absolute Gasteiger partial charge is 0.271 e. The largest absolute Gasteiger partial charge is 0.497 e. The number of rotatable bonds is 5. The quantitative estimate of drug-likeness (QED) is 0.669. The summed E-state index contributed by atoms with van der Waals surface area (Å²) in [6.45, 7) is 4.43. The number of hydrogen-bond acceptors (Lipinski definition) is 5. The highest BCUT2D eigenvalue weighted by atomic mass is 32.1. The fourth-order valence-corrected chi connectivity index (χ4v) is 5.21. The number of nitrogens with zero attached hydrogens (tertiary/aromatic N) is 2. The minimum absolute atomic E-state index is 0.00482. The summed E-state index contributed by atoms with van der Waals surface area (Å²) in [6, 6.07) is 9.80. The molecule has 6 nitrogen and oxygen atoms in total. The molecule has 30 heavy (non-hydrogen) atoms. The molecule has 1 fully saturated rings. The lowest BCUT2D eigenvalue weighted by molar-refractivity contribution is -0.123. The van der Waals surface area contributed by atoms with Crippen LogP contribution < -0.4 is 15.6 Å². The topological polar surface area (TPSA) is 73.2 Å². The Kier molecular flexibility index (Phi) is 5.90. The number of carbonyl (C=O) groups excluding carboxylic acids is 1. The number of thiophene rings is 1. The first-order chi connectivity index (χ1) is 14.5. The number of ether oxygens (including phenoxy) is 1. The van der Waals surface area contributed by atoms with Crippen LogP contribution in [0.25, 0.3) is 20.7 Å². The van der Waals surface area contributed by atoms with E-state index in [1.165, 1.54) is 28.7 Å².